The van der Waals surface area contributed by atoms with E-state index in [2.05, 4.69) is 5.10 Å². The SMILES string of the molecule is CC(=O)N1N=C(c2cccs2)CC1c1ccc(F)cc1Cl. The number of rotatable bonds is 2. The van der Waals surface area contributed by atoms with Gasteiger partial charge in [-0.05, 0) is 29.1 Å². The van der Waals surface area contributed by atoms with Gasteiger partial charge in [0, 0.05) is 18.4 Å². The van der Waals surface area contributed by atoms with E-state index in [1.807, 2.05) is 17.5 Å². The Kier molecular flexibility index (Phi) is 3.78. The first kappa shape index (κ1) is 14.2. The van der Waals surface area contributed by atoms with Crippen LogP contribution in [0.15, 0.2) is 40.8 Å². The minimum absolute atomic E-state index is 0.160. The number of thiophene rings is 1. The van der Waals surface area contributed by atoms with Crippen molar-refractivity contribution in [2.75, 3.05) is 0 Å². The smallest absolute Gasteiger partial charge is 0.240 e. The number of carbonyl (C=O) groups excluding carboxylic acids is 1. The first-order chi connectivity index (χ1) is 10.1. The van der Waals surface area contributed by atoms with Crippen LogP contribution in [0.4, 0.5) is 4.39 Å². The average Bonchev–Trinajstić information content (AvgIpc) is 3.07. The van der Waals surface area contributed by atoms with Crippen LogP contribution < -0.4 is 0 Å². The second kappa shape index (κ2) is 5.58. The number of nitrogens with zero attached hydrogens (tertiary/aromatic N) is 2. The van der Waals surface area contributed by atoms with Gasteiger partial charge in [-0.15, -0.1) is 11.3 Å². The quantitative estimate of drug-likeness (QED) is 0.814. The maximum Gasteiger partial charge on any atom is 0.240 e. The van der Waals surface area contributed by atoms with Crippen molar-refractivity contribution >= 4 is 34.6 Å². The second-order valence-electron chi connectivity index (χ2n) is 4.77. The normalized spacial score (nSPS) is 18.0. The Bertz CT molecular complexity index is 714. The van der Waals surface area contributed by atoms with Crippen LogP contribution in [0, 0.1) is 5.82 Å². The molecule has 1 amide bonds. The minimum atomic E-state index is -0.393. The molecule has 1 unspecified atom stereocenters. The average molecular weight is 323 g/mol. The summed E-state index contributed by atoms with van der Waals surface area (Å²) in [7, 11) is 0. The lowest BCUT2D eigenvalue weighted by molar-refractivity contribution is -0.130. The summed E-state index contributed by atoms with van der Waals surface area (Å²) in [6.07, 6.45) is 0.575. The highest BCUT2D eigenvalue weighted by molar-refractivity contribution is 7.12. The van der Waals surface area contributed by atoms with Gasteiger partial charge in [-0.1, -0.05) is 23.7 Å². The fraction of sp³-hybridized carbons (Fsp3) is 0.200. The molecule has 0 spiro atoms. The van der Waals surface area contributed by atoms with Crippen molar-refractivity contribution in [3.8, 4) is 0 Å². The van der Waals surface area contributed by atoms with Crippen LogP contribution in [-0.2, 0) is 4.79 Å². The predicted molar refractivity (Wildman–Crippen MR) is 82.1 cm³/mol. The van der Waals surface area contributed by atoms with Gasteiger partial charge in [0.1, 0.15) is 5.82 Å². The molecule has 2 heterocycles. The fourth-order valence-corrected chi connectivity index (χ4v) is 3.42. The number of hydrogen-bond donors (Lipinski definition) is 0. The van der Waals surface area contributed by atoms with Crippen molar-refractivity contribution in [1.29, 1.82) is 0 Å². The maximum atomic E-state index is 13.2. The number of halogens is 2. The Morgan fingerprint density at radius 3 is 2.90 bits per heavy atom. The van der Waals surface area contributed by atoms with Gasteiger partial charge in [0.15, 0.2) is 0 Å². The summed E-state index contributed by atoms with van der Waals surface area (Å²) in [5, 5.41) is 8.11. The van der Waals surface area contributed by atoms with E-state index in [1.54, 1.807) is 17.4 Å². The van der Waals surface area contributed by atoms with Crippen LogP contribution in [0.3, 0.4) is 0 Å². The molecule has 1 aromatic carbocycles. The van der Waals surface area contributed by atoms with Crippen molar-refractivity contribution < 1.29 is 9.18 Å². The highest BCUT2D eigenvalue weighted by atomic mass is 35.5. The molecule has 1 aliphatic rings. The van der Waals surface area contributed by atoms with Crippen molar-refractivity contribution in [3.63, 3.8) is 0 Å². The van der Waals surface area contributed by atoms with Crippen LogP contribution in [0.1, 0.15) is 29.8 Å². The topological polar surface area (TPSA) is 32.7 Å². The van der Waals surface area contributed by atoms with E-state index in [-0.39, 0.29) is 11.9 Å². The van der Waals surface area contributed by atoms with Crippen LogP contribution in [-0.4, -0.2) is 16.6 Å². The zero-order valence-electron chi connectivity index (χ0n) is 11.2. The second-order valence-corrected chi connectivity index (χ2v) is 6.13. The summed E-state index contributed by atoms with van der Waals surface area (Å²) >= 11 is 7.70. The highest BCUT2D eigenvalue weighted by Crippen LogP contribution is 2.37. The molecular formula is C15H12ClFN2OS. The van der Waals surface area contributed by atoms with E-state index >= 15 is 0 Å². The number of hydrazone groups is 1. The van der Waals surface area contributed by atoms with E-state index in [4.69, 9.17) is 11.6 Å². The largest absolute Gasteiger partial charge is 0.273 e. The molecule has 0 N–H and O–H groups in total. The summed E-state index contributed by atoms with van der Waals surface area (Å²) in [4.78, 5) is 12.9. The maximum absolute atomic E-state index is 13.2. The molecule has 1 atom stereocenters. The molecule has 0 fully saturated rings. The fourth-order valence-electron chi connectivity index (χ4n) is 2.41. The van der Waals surface area contributed by atoms with Gasteiger partial charge >= 0.3 is 0 Å². The first-order valence-corrected chi connectivity index (χ1v) is 7.68. The number of hydrogen-bond acceptors (Lipinski definition) is 3. The molecule has 6 heteroatoms. The molecule has 1 aromatic heterocycles. The summed E-state index contributed by atoms with van der Waals surface area (Å²) in [5.41, 5.74) is 1.56. The van der Waals surface area contributed by atoms with Crippen molar-refractivity contribution in [2.24, 2.45) is 5.10 Å². The zero-order chi connectivity index (χ0) is 15.0. The van der Waals surface area contributed by atoms with Crippen LogP contribution in [0.5, 0.6) is 0 Å². The molecule has 0 saturated carbocycles. The zero-order valence-corrected chi connectivity index (χ0v) is 12.8. The van der Waals surface area contributed by atoms with Crippen molar-refractivity contribution in [1.82, 2.24) is 5.01 Å². The lowest BCUT2D eigenvalue weighted by Crippen LogP contribution is -2.24. The summed E-state index contributed by atoms with van der Waals surface area (Å²) in [5.74, 6) is -0.553. The molecule has 108 valence electrons. The standard InChI is InChI=1S/C15H12ClFN2OS/c1-9(20)19-14(11-5-4-10(17)7-12(11)16)8-13(18-19)15-3-2-6-21-15/h2-7,14H,8H2,1H3. The molecule has 0 radical (unpaired) electrons. The van der Waals surface area contributed by atoms with Gasteiger partial charge in [-0.25, -0.2) is 9.40 Å². The Balaban J connectivity index is 1.98. The van der Waals surface area contributed by atoms with E-state index in [1.165, 1.54) is 24.1 Å². The molecule has 21 heavy (non-hydrogen) atoms. The van der Waals surface area contributed by atoms with Gasteiger partial charge in [-0.3, -0.25) is 4.79 Å². The predicted octanol–water partition coefficient (Wildman–Crippen LogP) is 4.24. The lowest BCUT2D eigenvalue weighted by Gasteiger charge is -2.21. The molecule has 0 aliphatic carbocycles. The van der Waals surface area contributed by atoms with E-state index < -0.39 is 5.82 Å². The summed E-state index contributed by atoms with van der Waals surface area (Å²) in [6.45, 7) is 1.46. The highest BCUT2D eigenvalue weighted by Gasteiger charge is 2.33. The van der Waals surface area contributed by atoms with Gasteiger partial charge in [0.2, 0.25) is 5.91 Å². The van der Waals surface area contributed by atoms with E-state index in [0.29, 0.717) is 17.0 Å². The van der Waals surface area contributed by atoms with Gasteiger partial charge in [0.05, 0.1) is 16.6 Å². The molecular weight excluding hydrogens is 311 g/mol. The van der Waals surface area contributed by atoms with Crippen LogP contribution >= 0.6 is 22.9 Å². The van der Waals surface area contributed by atoms with Crippen molar-refractivity contribution in [3.05, 3.63) is 57.0 Å². The third-order valence-corrected chi connectivity index (χ3v) is 4.61. The third-order valence-electron chi connectivity index (χ3n) is 3.36. The first-order valence-electron chi connectivity index (χ1n) is 6.42. The molecule has 1 aliphatic heterocycles. The van der Waals surface area contributed by atoms with Gasteiger partial charge in [0.25, 0.3) is 0 Å². The molecule has 0 bridgehead atoms. The van der Waals surface area contributed by atoms with Gasteiger partial charge in [-0.2, -0.15) is 5.10 Å². The number of amides is 1. The number of carbonyl (C=O) groups is 1. The van der Waals surface area contributed by atoms with Crippen LogP contribution in [0.25, 0.3) is 0 Å². The van der Waals surface area contributed by atoms with Gasteiger partial charge < -0.3 is 0 Å². The Labute approximate surface area is 130 Å². The molecule has 2 aromatic rings. The Morgan fingerprint density at radius 2 is 2.29 bits per heavy atom. The van der Waals surface area contributed by atoms with E-state index in [9.17, 15) is 9.18 Å². The lowest BCUT2D eigenvalue weighted by atomic mass is 10.0. The molecule has 3 nitrogen and oxygen atoms in total. The summed E-state index contributed by atoms with van der Waals surface area (Å²) < 4.78 is 13.2. The molecule has 3 rings (SSSR count). The van der Waals surface area contributed by atoms with Crippen molar-refractivity contribution in [2.45, 2.75) is 19.4 Å². The van der Waals surface area contributed by atoms with Crippen LogP contribution in [0.2, 0.25) is 5.02 Å². The number of benzene rings is 1. The monoisotopic (exact) mass is 322 g/mol. The van der Waals surface area contributed by atoms with E-state index in [0.717, 1.165) is 10.6 Å². The Hall–Kier alpha value is -1.72. The Morgan fingerprint density at radius 1 is 1.48 bits per heavy atom. The third kappa shape index (κ3) is 2.71. The summed E-state index contributed by atoms with van der Waals surface area (Å²) in [6, 6.07) is 7.86. The minimum Gasteiger partial charge on any atom is -0.273 e. The molecule has 0 saturated heterocycles.